The van der Waals surface area contributed by atoms with E-state index in [1.807, 2.05) is 6.92 Å². The average Bonchev–Trinajstić information content (AvgIpc) is 0.958. The van der Waals surface area contributed by atoms with Crippen molar-refractivity contribution in [1.29, 1.82) is 0 Å². The number of carbonyl (C=O) groups excluding carboxylic acids is 15. The fourth-order valence-corrected chi connectivity index (χ4v) is 5.45. The number of ether oxygens (including phenoxy) is 3. The Kier molecular flexibility index (Phi) is 62.8. The van der Waals surface area contributed by atoms with Crippen molar-refractivity contribution < 1.29 is 161 Å². The number of nitrogens with zero attached hydrogens (tertiary/aromatic N) is 12. The molecule has 0 bridgehead atoms. The Hall–Kier alpha value is -9.75. The van der Waals surface area contributed by atoms with Crippen LogP contribution in [0.4, 0.5) is 0 Å². The second-order valence-corrected chi connectivity index (χ2v) is 21.1. The van der Waals surface area contributed by atoms with Crippen LogP contribution in [0.15, 0.2) is 71.0 Å². The number of likely N-dealkylation sites (N-methyl/N-ethyl adjacent to an activating group) is 12. The summed E-state index contributed by atoms with van der Waals surface area (Å²) in [7, 11) is 26.3. The fraction of sp³-hybridized carbons (Fsp3) is 0.557. The van der Waals surface area contributed by atoms with Gasteiger partial charge in [0.2, 0.25) is 35.4 Å². The molecule has 0 saturated heterocycles. The molecule has 101 heavy (non-hydrogen) atoms. The van der Waals surface area contributed by atoms with Crippen LogP contribution in [0.2, 0.25) is 0 Å². The summed E-state index contributed by atoms with van der Waals surface area (Å²) < 4.78 is 14.0. The maximum Gasteiger partial charge on any atom is 0.325 e. The number of rotatable bonds is 27. The van der Waals surface area contributed by atoms with Gasteiger partial charge < -0.3 is 114 Å². The van der Waals surface area contributed by atoms with E-state index in [4.69, 9.17) is 10.2 Å². The third kappa shape index (κ3) is 52.0. The van der Waals surface area contributed by atoms with Crippen molar-refractivity contribution >= 4 is 88.8 Å². The predicted molar refractivity (Wildman–Crippen MR) is 357 cm³/mol. The number of carbonyl (C=O) groups is 15. The number of esters is 3. The van der Waals surface area contributed by atoms with E-state index in [1.165, 1.54) is 154 Å². The van der Waals surface area contributed by atoms with E-state index in [0.29, 0.717) is 6.54 Å². The Morgan fingerprint density at radius 1 is 0.267 bits per heavy atom. The normalized spacial score (nSPS) is 10.7. The van der Waals surface area contributed by atoms with E-state index in [1.54, 1.807) is 27.8 Å². The molecule has 0 aromatic heterocycles. The van der Waals surface area contributed by atoms with E-state index >= 15 is 0 Å². The first-order valence-corrected chi connectivity index (χ1v) is 29.5. The van der Waals surface area contributed by atoms with Gasteiger partial charge in [0, 0.05) is 181 Å². The quantitative estimate of drug-likeness (QED) is 0.0133. The fourth-order valence-electron chi connectivity index (χ4n) is 5.45. The summed E-state index contributed by atoms with van der Waals surface area (Å²) in [6.45, 7) is 7.20. The van der Waals surface area contributed by atoms with Crippen molar-refractivity contribution in [3.8, 4) is 0 Å². The molecule has 0 radical (unpaired) electrons. The van der Waals surface area contributed by atoms with Gasteiger partial charge in [-0.1, -0.05) is 6.92 Å². The van der Waals surface area contributed by atoms with Crippen molar-refractivity contribution in [3.05, 3.63) is 71.0 Å². The summed E-state index contributed by atoms with van der Waals surface area (Å²) in [5.41, 5.74) is 0. The number of hydrogen-bond donors (Lipinski definition) is 8. The Morgan fingerprint density at radius 3 is 0.604 bits per heavy atom. The second-order valence-electron chi connectivity index (χ2n) is 21.1. The standard InChI is InChI=1S/3C11H18N2O5.C10H18N2O3.2C9H16N2O4.2Fe/c3*1-5-18-10(16)7-13(4)11(17)8(14)6-9(15)12(2)3;1-5-6-12(4)9(14)7-8(13)10(15)11(2)3;2*1-10(2)9(15)7(13)6-8(14)11(3)4-5-12;;/h3*6,14H,5,7H2,1-4H3;7,13H,5-6H2,1-4H3;2*6,12-13H,4-5H2,1-3H3;;. The molecule has 12 amide bonds. The molecule has 580 valence electrons. The third-order valence-electron chi connectivity index (χ3n) is 11.0. The van der Waals surface area contributed by atoms with Crippen molar-refractivity contribution in [2.45, 2.75) is 34.1 Å². The molecule has 0 rings (SSSR count). The number of aliphatic hydroxyl groups is 8. The molecule has 0 fully saturated rings. The molecule has 38 nitrogen and oxygen atoms in total. The predicted octanol–water partition coefficient (Wildman–Crippen LogP) is -3.07. The van der Waals surface area contributed by atoms with Gasteiger partial charge >= 0.3 is 17.9 Å². The summed E-state index contributed by atoms with van der Waals surface area (Å²) in [6, 6.07) is 0. The molecule has 0 aliphatic rings. The van der Waals surface area contributed by atoms with E-state index < -0.39 is 117 Å². The molecule has 0 aliphatic carbocycles. The number of amides is 12. The van der Waals surface area contributed by atoms with Gasteiger partial charge in [0.15, 0.2) is 34.6 Å². The van der Waals surface area contributed by atoms with Crippen LogP contribution in [0.5, 0.6) is 0 Å². The van der Waals surface area contributed by atoms with Crippen molar-refractivity contribution in [3.63, 3.8) is 0 Å². The average molecular weight is 1530 g/mol. The molecule has 0 aliphatic heterocycles. The summed E-state index contributed by atoms with van der Waals surface area (Å²) in [6.07, 6.45) is 5.82. The molecule has 0 saturated carbocycles. The summed E-state index contributed by atoms with van der Waals surface area (Å²) in [5, 5.41) is 73.2. The monoisotopic (exact) mass is 1530 g/mol. The Balaban J connectivity index is -0.000000171. The zero-order valence-corrected chi connectivity index (χ0v) is 63.7. The van der Waals surface area contributed by atoms with Crippen LogP contribution < -0.4 is 0 Å². The van der Waals surface area contributed by atoms with E-state index in [9.17, 15) is 103 Å². The smallest absolute Gasteiger partial charge is 0.325 e. The first-order valence-electron chi connectivity index (χ1n) is 29.5. The van der Waals surface area contributed by atoms with Gasteiger partial charge in [0.1, 0.15) is 19.6 Å². The molecule has 0 spiro atoms. The largest absolute Gasteiger partial charge is 0.503 e. The molecule has 0 atom stereocenters. The Bertz CT molecular complexity index is 2590. The van der Waals surface area contributed by atoms with E-state index in [-0.39, 0.29) is 106 Å². The van der Waals surface area contributed by atoms with Gasteiger partial charge in [-0.3, -0.25) is 71.9 Å². The van der Waals surface area contributed by atoms with Crippen molar-refractivity contribution in [1.82, 2.24) is 58.8 Å². The first-order chi connectivity index (χ1) is 45.6. The summed E-state index contributed by atoms with van der Waals surface area (Å²) >= 11 is 0. The van der Waals surface area contributed by atoms with Crippen molar-refractivity contribution in [2.24, 2.45) is 0 Å². The van der Waals surface area contributed by atoms with Gasteiger partial charge in [0.25, 0.3) is 35.4 Å². The zero-order valence-electron chi connectivity index (χ0n) is 61.4. The topological polar surface area (TPSA) is 484 Å². The van der Waals surface area contributed by atoms with Gasteiger partial charge in [-0.2, -0.15) is 0 Å². The minimum atomic E-state index is -0.821. The van der Waals surface area contributed by atoms with Crippen LogP contribution in [-0.4, -0.2) is 388 Å². The molecule has 40 heteroatoms. The van der Waals surface area contributed by atoms with Gasteiger partial charge in [-0.25, -0.2) is 0 Å². The summed E-state index contributed by atoms with van der Waals surface area (Å²) in [5.74, 6) is -13.0. The number of aliphatic hydroxyl groups excluding tert-OH is 8. The maximum absolute atomic E-state index is 11.6. The summed E-state index contributed by atoms with van der Waals surface area (Å²) in [4.78, 5) is 183. The van der Waals surface area contributed by atoms with Gasteiger partial charge in [0.05, 0.1) is 69.5 Å². The minimum Gasteiger partial charge on any atom is -0.503 e. The van der Waals surface area contributed by atoms with E-state index in [2.05, 4.69) is 14.2 Å². The molecular weight excluding hydrogens is 1430 g/mol. The first kappa shape index (κ1) is 107. The molecule has 0 aromatic carbocycles. The van der Waals surface area contributed by atoms with Gasteiger partial charge in [-0.15, -0.1) is 0 Å². The van der Waals surface area contributed by atoms with Crippen LogP contribution in [0.3, 0.4) is 0 Å². The zero-order chi connectivity index (χ0) is 78.9. The second kappa shape index (κ2) is 59.1. The van der Waals surface area contributed by atoms with Crippen LogP contribution in [0.25, 0.3) is 0 Å². The maximum atomic E-state index is 11.6. The Morgan fingerprint density at radius 2 is 0.446 bits per heavy atom. The van der Waals surface area contributed by atoms with Gasteiger partial charge in [-0.05, 0) is 27.2 Å². The SMILES string of the molecule is CCCN(C)C(=O)C=C(O)C(=O)N(C)C.CCOC(=O)CN(C)C(=O)C(O)=CC(=O)N(C)C.CCOC(=O)CN(C)C(=O)C(O)=CC(=O)N(C)C.CCOC(=O)CN(C)C(=O)C(O)=CC(=O)N(C)C.CN(C)C(=O)C(O)=CC(=O)N(C)CCO.CN(C)C(=O)C(O)=CC(=O)N(C)CCO.[Fe].[Fe]. The molecule has 0 heterocycles. The van der Waals surface area contributed by atoms with Crippen LogP contribution >= 0.6 is 0 Å². The Labute approximate surface area is 610 Å². The number of hydrogen-bond acceptors (Lipinski definition) is 26. The van der Waals surface area contributed by atoms with Crippen molar-refractivity contribution in [2.75, 3.05) is 199 Å². The minimum absolute atomic E-state index is 0. The molecule has 0 aromatic rings. The molecule has 8 N–H and O–H groups in total. The van der Waals surface area contributed by atoms with Crippen LogP contribution in [0, 0.1) is 0 Å². The van der Waals surface area contributed by atoms with Crippen LogP contribution in [-0.2, 0) is 120 Å². The molecular formula is C61H104Fe2N12O26. The molecule has 0 unspecified atom stereocenters. The third-order valence-corrected chi connectivity index (χ3v) is 11.0. The van der Waals surface area contributed by atoms with Crippen LogP contribution in [0.1, 0.15) is 34.1 Å². The van der Waals surface area contributed by atoms with E-state index in [0.717, 1.165) is 67.4 Å².